The van der Waals surface area contributed by atoms with Crippen LogP contribution in [-0.2, 0) is 0 Å². The van der Waals surface area contributed by atoms with Crippen molar-refractivity contribution in [1.29, 1.82) is 0 Å². The lowest BCUT2D eigenvalue weighted by Crippen LogP contribution is -2.30. The lowest BCUT2D eigenvalue weighted by molar-refractivity contribution is 0.415. The van der Waals surface area contributed by atoms with Crippen LogP contribution in [0.5, 0.6) is 5.75 Å². The third kappa shape index (κ3) is 2.74. The van der Waals surface area contributed by atoms with Gasteiger partial charge in [-0.1, -0.05) is 0 Å². The minimum atomic E-state index is 0.853. The van der Waals surface area contributed by atoms with Gasteiger partial charge in [0, 0.05) is 18.7 Å². The van der Waals surface area contributed by atoms with E-state index in [-0.39, 0.29) is 0 Å². The first-order valence-electron chi connectivity index (χ1n) is 7.10. The average molecular weight is 269 g/mol. The molecule has 20 heavy (non-hydrogen) atoms. The zero-order valence-corrected chi connectivity index (χ0v) is 11.7. The van der Waals surface area contributed by atoms with Gasteiger partial charge >= 0.3 is 0 Å². The number of aromatic nitrogens is 2. The highest BCUT2D eigenvalue weighted by Gasteiger charge is 2.12. The molecule has 1 aliphatic rings. The van der Waals surface area contributed by atoms with Crippen molar-refractivity contribution in [2.45, 2.75) is 19.3 Å². The second-order valence-corrected chi connectivity index (χ2v) is 5.05. The van der Waals surface area contributed by atoms with E-state index in [1.807, 2.05) is 30.3 Å². The molecule has 3 rings (SSSR count). The molecule has 4 heteroatoms. The molecule has 0 N–H and O–H groups in total. The molecule has 0 saturated carbocycles. The van der Waals surface area contributed by atoms with Crippen molar-refractivity contribution < 1.29 is 4.74 Å². The van der Waals surface area contributed by atoms with Crippen LogP contribution in [0.15, 0.2) is 36.4 Å². The second kappa shape index (κ2) is 5.90. The third-order valence-electron chi connectivity index (χ3n) is 3.72. The number of rotatable bonds is 3. The summed E-state index contributed by atoms with van der Waals surface area (Å²) in [6.07, 6.45) is 3.83. The summed E-state index contributed by atoms with van der Waals surface area (Å²) in [4.78, 5) is 2.31. The Bertz CT molecular complexity index is 545. The normalized spacial score (nSPS) is 15.2. The van der Waals surface area contributed by atoms with Crippen LogP contribution < -0.4 is 9.64 Å². The van der Waals surface area contributed by atoms with Gasteiger partial charge in [0.15, 0.2) is 5.82 Å². The van der Waals surface area contributed by atoms with Crippen LogP contribution >= 0.6 is 0 Å². The maximum atomic E-state index is 5.16. The van der Waals surface area contributed by atoms with E-state index in [0.29, 0.717) is 0 Å². The van der Waals surface area contributed by atoms with Crippen molar-refractivity contribution >= 4 is 5.82 Å². The van der Waals surface area contributed by atoms with E-state index in [4.69, 9.17) is 4.74 Å². The van der Waals surface area contributed by atoms with Crippen LogP contribution in [0.1, 0.15) is 19.3 Å². The van der Waals surface area contributed by atoms with Crippen LogP contribution in [0.2, 0.25) is 0 Å². The molecule has 0 bridgehead atoms. The number of nitrogens with zero attached hydrogens (tertiary/aromatic N) is 3. The Morgan fingerprint density at radius 2 is 1.65 bits per heavy atom. The van der Waals surface area contributed by atoms with Gasteiger partial charge < -0.3 is 9.64 Å². The van der Waals surface area contributed by atoms with Gasteiger partial charge in [0.25, 0.3) is 0 Å². The summed E-state index contributed by atoms with van der Waals surface area (Å²) in [5.74, 6) is 1.84. The molecule has 0 atom stereocenters. The highest BCUT2D eigenvalue weighted by Crippen LogP contribution is 2.22. The van der Waals surface area contributed by atoms with Gasteiger partial charge in [0.1, 0.15) is 5.75 Å². The predicted octanol–water partition coefficient (Wildman–Crippen LogP) is 3.14. The molecule has 2 aromatic rings. The van der Waals surface area contributed by atoms with Gasteiger partial charge in [0.2, 0.25) is 0 Å². The fourth-order valence-corrected chi connectivity index (χ4v) is 2.53. The lowest BCUT2D eigenvalue weighted by atomic mass is 10.1. The molecule has 4 nitrogen and oxygen atoms in total. The predicted molar refractivity (Wildman–Crippen MR) is 80.1 cm³/mol. The minimum Gasteiger partial charge on any atom is -0.497 e. The highest BCUT2D eigenvalue weighted by molar-refractivity contribution is 5.60. The van der Waals surface area contributed by atoms with Gasteiger partial charge in [-0.2, -0.15) is 0 Å². The first kappa shape index (κ1) is 12.9. The quantitative estimate of drug-likeness (QED) is 0.858. The first-order valence-corrected chi connectivity index (χ1v) is 7.10. The topological polar surface area (TPSA) is 38.2 Å². The van der Waals surface area contributed by atoms with E-state index in [1.54, 1.807) is 7.11 Å². The Kier molecular flexibility index (Phi) is 3.81. The van der Waals surface area contributed by atoms with Crippen LogP contribution in [0.3, 0.4) is 0 Å². The number of ether oxygens (including phenoxy) is 1. The Morgan fingerprint density at radius 1 is 0.900 bits per heavy atom. The Morgan fingerprint density at radius 3 is 2.25 bits per heavy atom. The highest BCUT2D eigenvalue weighted by atomic mass is 16.5. The zero-order valence-electron chi connectivity index (χ0n) is 11.7. The maximum Gasteiger partial charge on any atom is 0.151 e. The largest absolute Gasteiger partial charge is 0.497 e. The van der Waals surface area contributed by atoms with Crippen molar-refractivity contribution in [2.75, 3.05) is 25.1 Å². The van der Waals surface area contributed by atoms with Gasteiger partial charge in [0.05, 0.1) is 12.8 Å². The summed E-state index contributed by atoms with van der Waals surface area (Å²) in [7, 11) is 1.67. The van der Waals surface area contributed by atoms with E-state index < -0.39 is 0 Å². The fourth-order valence-electron chi connectivity index (χ4n) is 2.53. The number of anilines is 1. The summed E-state index contributed by atoms with van der Waals surface area (Å²) in [6.45, 7) is 2.19. The van der Waals surface area contributed by atoms with E-state index >= 15 is 0 Å². The number of methoxy groups -OCH3 is 1. The monoisotopic (exact) mass is 269 g/mol. The van der Waals surface area contributed by atoms with E-state index in [0.717, 1.165) is 35.9 Å². The molecule has 0 unspecified atom stereocenters. The molecule has 1 aliphatic heterocycles. The smallest absolute Gasteiger partial charge is 0.151 e. The van der Waals surface area contributed by atoms with Gasteiger partial charge in [-0.25, -0.2) is 0 Å². The third-order valence-corrected chi connectivity index (χ3v) is 3.72. The van der Waals surface area contributed by atoms with Crippen LogP contribution in [0.25, 0.3) is 11.3 Å². The van der Waals surface area contributed by atoms with E-state index in [2.05, 4.69) is 21.2 Å². The summed E-state index contributed by atoms with van der Waals surface area (Å²) < 4.78 is 5.16. The molecule has 1 saturated heterocycles. The molecule has 0 amide bonds. The standard InChI is InChI=1S/C16H19N3O/c1-20-14-7-5-13(6-8-14)15-9-10-16(18-17-15)19-11-3-2-4-12-19/h5-10H,2-4,11-12H2,1H3. The fraction of sp³-hybridized carbons (Fsp3) is 0.375. The molecular weight excluding hydrogens is 250 g/mol. The van der Waals surface area contributed by atoms with Crippen molar-refractivity contribution in [3.63, 3.8) is 0 Å². The Labute approximate surface area is 119 Å². The number of hydrogen-bond donors (Lipinski definition) is 0. The van der Waals surface area contributed by atoms with Gasteiger partial charge in [-0.15, -0.1) is 10.2 Å². The summed E-state index contributed by atoms with van der Waals surface area (Å²) >= 11 is 0. The molecule has 0 spiro atoms. The van der Waals surface area contributed by atoms with E-state index in [9.17, 15) is 0 Å². The number of hydrogen-bond acceptors (Lipinski definition) is 4. The molecule has 2 heterocycles. The molecule has 0 aliphatic carbocycles. The minimum absolute atomic E-state index is 0.853. The molecule has 1 aromatic heterocycles. The molecule has 1 fully saturated rings. The maximum absolute atomic E-state index is 5.16. The molecular formula is C16H19N3O. The van der Waals surface area contributed by atoms with Gasteiger partial charge in [-0.3, -0.25) is 0 Å². The molecule has 104 valence electrons. The van der Waals surface area contributed by atoms with Gasteiger partial charge in [-0.05, 0) is 55.7 Å². The van der Waals surface area contributed by atoms with Crippen molar-refractivity contribution in [3.8, 4) is 17.0 Å². The lowest BCUT2D eigenvalue weighted by Gasteiger charge is -2.27. The van der Waals surface area contributed by atoms with Crippen LogP contribution in [0, 0.1) is 0 Å². The average Bonchev–Trinajstić information content (AvgIpc) is 2.56. The van der Waals surface area contributed by atoms with Crippen LogP contribution in [-0.4, -0.2) is 30.4 Å². The summed E-state index contributed by atoms with van der Waals surface area (Å²) in [5.41, 5.74) is 1.96. The SMILES string of the molecule is COc1ccc(-c2ccc(N3CCCCC3)nn2)cc1. The first-order chi connectivity index (χ1) is 9.86. The Balaban J connectivity index is 1.77. The molecule has 0 radical (unpaired) electrons. The number of piperidine rings is 1. The number of benzene rings is 1. The second-order valence-electron chi connectivity index (χ2n) is 5.05. The van der Waals surface area contributed by atoms with Crippen molar-refractivity contribution in [3.05, 3.63) is 36.4 Å². The van der Waals surface area contributed by atoms with Crippen molar-refractivity contribution in [2.24, 2.45) is 0 Å². The van der Waals surface area contributed by atoms with Crippen molar-refractivity contribution in [1.82, 2.24) is 10.2 Å². The summed E-state index contributed by atoms with van der Waals surface area (Å²) in [5, 5.41) is 8.71. The van der Waals surface area contributed by atoms with E-state index in [1.165, 1.54) is 19.3 Å². The Hall–Kier alpha value is -2.10. The zero-order chi connectivity index (χ0) is 13.8. The van der Waals surface area contributed by atoms with Crippen LogP contribution in [0.4, 0.5) is 5.82 Å². The molecule has 1 aromatic carbocycles. The summed E-state index contributed by atoms with van der Waals surface area (Å²) in [6, 6.07) is 12.0.